The molecule has 0 radical (unpaired) electrons. The van der Waals surface area contributed by atoms with E-state index in [1.165, 1.54) is 17.7 Å². The Bertz CT molecular complexity index is 1020. The lowest BCUT2D eigenvalue weighted by Crippen LogP contribution is -2.31. The zero-order chi connectivity index (χ0) is 18.0. The van der Waals surface area contributed by atoms with Gasteiger partial charge in [0.2, 0.25) is 0 Å². The molecular formula is C18H17N3O4. The van der Waals surface area contributed by atoms with E-state index >= 15 is 0 Å². The lowest BCUT2D eigenvalue weighted by Gasteiger charge is -2.06. The minimum absolute atomic E-state index is 0.0708. The van der Waals surface area contributed by atoms with Crippen molar-refractivity contribution >= 4 is 22.5 Å². The second kappa shape index (κ2) is 6.72. The third-order valence-electron chi connectivity index (χ3n) is 3.89. The number of rotatable bonds is 5. The smallest absolute Gasteiger partial charge is 0.287 e. The topological polar surface area (TPSA) is 94.2 Å². The zero-order valence-corrected chi connectivity index (χ0v) is 13.9. The first kappa shape index (κ1) is 16.6. The third-order valence-corrected chi connectivity index (χ3v) is 3.89. The highest BCUT2D eigenvalue weighted by molar-refractivity contribution is 5.99. The molecule has 0 saturated heterocycles. The molecule has 2 aromatic heterocycles. The predicted octanol–water partition coefficient (Wildman–Crippen LogP) is 1.93. The molecule has 0 bridgehead atoms. The van der Waals surface area contributed by atoms with Gasteiger partial charge < -0.3 is 9.73 Å². The Kier molecular flexibility index (Phi) is 4.47. The summed E-state index contributed by atoms with van der Waals surface area (Å²) in [4.78, 5) is 35.8. The molecule has 0 aliphatic rings. The normalized spacial score (nSPS) is 10.8. The van der Waals surface area contributed by atoms with Crippen LogP contribution >= 0.6 is 0 Å². The van der Waals surface area contributed by atoms with Gasteiger partial charge in [0.1, 0.15) is 5.76 Å². The van der Waals surface area contributed by atoms with Crippen LogP contribution in [0.15, 0.2) is 45.7 Å². The van der Waals surface area contributed by atoms with Crippen LogP contribution in [0.5, 0.6) is 0 Å². The molecule has 3 aromatic rings. The van der Waals surface area contributed by atoms with Crippen LogP contribution in [-0.2, 0) is 6.54 Å². The predicted molar refractivity (Wildman–Crippen MR) is 91.8 cm³/mol. The molecule has 2 heterocycles. The molecular weight excluding hydrogens is 322 g/mol. The summed E-state index contributed by atoms with van der Waals surface area (Å²) in [5.74, 6) is -0.122. The zero-order valence-electron chi connectivity index (χ0n) is 13.9. The standard InChI is InChI=1S/C18H17N3O4/c1-11(22)15-9-16(25-12(15)2)17(23)19-7-8-21-18(24)14-6-4-3-5-13(14)10-20-21/h3-6,9-10H,7-8H2,1-2H3,(H,19,23). The number of hydrogen-bond acceptors (Lipinski definition) is 5. The summed E-state index contributed by atoms with van der Waals surface area (Å²) in [7, 11) is 0. The molecule has 0 aliphatic heterocycles. The molecule has 0 fully saturated rings. The number of nitrogens with one attached hydrogen (secondary N) is 1. The van der Waals surface area contributed by atoms with E-state index in [0.717, 1.165) is 5.39 Å². The second-order valence-electron chi connectivity index (χ2n) is 5.65. The quantitative estimate of drug-likeness (QED) is 0.717. The molecule has 1 amide bonds. The van der Waals surface area contributed by atoms with E-state index in [1.54, 1.807) is 25.3 Å². The van der Waals surface area contributed by atoms with Crippen LogP contribution in [-0.4, -0.2) is 28.0 Å². The number of fused-ring (bicyclic) bond motifs is 1. The van der Waals surface area contributed by atoms with E-state index in [9.17, 15) is 14.4 Å². The highest BCUT2D eigenvalue weighted by Crippen LogP contribution is 2.15. The van der Waals surface area contributed by atoms with Crippen molar-refractivity contribution in [1.29, 1.82) is 0 Å². The molecule has 0 atom stereocenters. The van der Waals surface area contributed by atoms with Gasteiger partial charge >= 0.3 is 0 Å². The Balaban J connectivity index is 1.68. The van der Waals surface area contributed by atoms with Crippen LogP contribution in [0.2, 0.25) is 0 Å². The summed E-state index contributed by atoms with van der Waals surface area (Å²) in [6, 6.07) is 8.62. The lowest BCUT2D eigenvalue weighted by molar-refractivity contribution is 0.0922. The van der Waals surface area contributed by atoms with Crippen molar-refractivity contribution in [3.8, 4) is 0 Å². The average molecular weight is 339 g/mol. The first-order valence-corrected chi connectivity index (χ1v) is 7.82. The van der Waals surface area contributed by atoms with Crippen LogP contribution < -0.4 is 10.9 Å². The summed E-state index contributed by atoms with van der Waals surface area (Å²) >= 11 is 0. The Hall–Kier alpha value is -3.22. The fraction of sp³-hybridized carbons (Fsp3) is 0.222. The fourth-order valence-corrected chi connectivity index (χ4v) is 2.59. The van der Waals surface area contributed by atoms with Gasteiger partial charge in [0.15, 0.2) is 11.5 Å². The number of nitrogens with zero attached hydrogens (tertiary/aromatic N) is 2. The lowest BCUT2D eigenvalue weighted by atomic mass is 10.2. The number of hydrogen-bond donors (Lipinski definition) is 1. The van der Waals surface area contributed by atoms with E-state index in [-0.39, 0.29) is 30.2 Å². The van der Waals surface area contributed by atoms with Crippen molar-refractivity contribution in [2.75, 3.05) is 6.54 Å². The van der Waals surface area contributed by atoms with Crippen LogP contribution in [0.1, 0.15) is 33.6 Å². The number of furan rings is 1. The molecule has 3 rings (SSSR count). The van der Waals surface area contributed by atoms with Gasteiger partial charge in [0.05, 0.1) is 23.7 Å². The molecule has 1 aromatic carbocycles. The second-order valence-corrected chi connectivity index (χ2v) is 5.65. The van der Waals surface area contributed by atoms with Crippen LogP contribution in [0.25, 0.3) is 10.8 Å². The minimum atomic E-state index is -0.440. The number of Topliss-reactive ketones (excluding diaryl/α,β-unsaturated/α-hetero) is 1. The highest BCUT2D eigenvalue weighted by Gasteiger charge is 2.16. The van der Waals surface area contributed by atoms with Crippen molar-refractivity contribution in [3.05, 3.63) is 64.0 Å². The SMILES string of the molecule is CC(=O)c1cc(C(=O)NCCn2ncc3ccccc3c2=O)oc1C. The molecule has 7 nitrogen and oxygen atoms in total. The van der Waals surface area contributed by atoms with E-state index in [4.69, 9.17) is 4.42 Å². The number of ketones is 1. The number of aromatic nitrogens is 2. The third kappa shape index (κ3) is 3.35. The van der Waals surface area contributed by atoms with Crippen molar-refractivity contribution in [2.24, 2.45) is 0 Å². The number of benzene rings is 1. The van der Waals surface area contributed by atoms with Crippen molar-refractivity contribution in [2.45, 2.75) is 20.4 Å². The summed E-state index contributed by atoms with van der Waals surface area (Å²) < 4.78 is 6.61. The summed E-state index contributed by atoms with van der Waals surface area (Å²) in [5.41, 5.74) is 0.178. The van der Waals surface area contributed by atoms with E-state index in [1.807, 2.05) is 12.1 Å². The van der Waals surface area contributed by atoms with Gasteiger partial charge in [-0.3, -0.25) is 14.4 Å². The van der Waals surface area contributed by atoms with Crippen molar-refractivity contribution < 1.29 is 14.0 Å². The van der Waals surface area contributed by atoms with Gasteiger partial charge in [0.25, 0.3) is 11.5 Å². The Labute approximate surface area is 143 Å². The summed E-state index contributed by atoms with van der Waals surface area (Å²) in [5, 5.41) is 8.11. The van der Waals surface area contributed by atoms with E-state index in [0.29, 0.717) is 16.7 Å². The van der Waals surface area contributed by atoms with Crippen LogP contribution in [0, 0.1) is 6.92 Å². The number of amides is 1. The molecule has 0 saturated carbocycles. The maximum Gasteiger partial charge on any atom is 0.287 e. The van der Waals surface area contributed by atoms with E-state index in [2.05, 4.69) is 10.4 Å². The van der Waals surface area contributed by atoms with Crippen LogP contribution in [0.3, 0.4) is 0 Å². The van der Waals surface area contributed by atoms with E-state index < -0.39 is 5.91 Å². The number of aryl methyl sites for hydroxylation is 1. The highest BCUT2D eigenvalue weighted by atomic mass is 16.4. The van der Waals surface area contributed by atoms with Gasteiger partial charge in [-0.15, -0.1) is 0 Å². The monoisotopic (exact) mass is 339 g/mol. The average Bonchev–Trinajstić information content (AvgIpc) is 2.99. The number of carbonyl (C=O) groups excluding carboxylic acids is 2. The molecule has 7 heteroatoms. The summed E-state index contributed by atoms with van der Waals surface area (Å²) in [6.07, 6.45) is 1.62. The van der Waals surface area contributed by atoms with Gasteiger partial charge in [-0.05, 0) is 19.9 Å². The Morgan fingerprint density at radius 3 is 2.76 bits per heavy atom. The maximum absolute atomic E-state index is 12.3. The fourth-order valence-electron chi connectivity index (χ4n) is 2.59. The van der Waals surface area contributed by atoms with Crippen molar-refractivity contribution in [1.82, 2.24) is 15.1 Å². The van der Waals surface area contributed by atoms with Gasteiger partial charge in [-0.25, -0.2) is 4.68 Å². The molecule has 1 N–H and O–H groups in total. The molecule has 25 heavy (non-hydrogen) atoms. The Morgan fingerprint density at radius 1 is 1.28 bits per heavy atom. The molecule has 0 spiro atoms. The van der Waals surface area contributed by atoms with Crippen LogP contribution in [0.4, 0.5) is 0 Å². The minimum Gasteiger partial charge on any atom is -0.455 e. The van der Waals surface area contributed by atoms with Gasteiger partial charge in [0, 0.05) is 18.0 Å². The summed E-state index contributed by atoms with van der Waals surface area (Å²) in [6.45, 7) is 3.48. The van der Waals surface area contributed by atoms with Crippen molar-refractivity contribution in [3.63, 3.8) is 0 Å². The largest absolute Gasteiger partial charge is 0.455 e. The van der Waals surface area contributed by atoms with Gasteiger partial charge in [-0.1, -0.05) is 18.2 Å². The first-order valence-electron chi connectivity index (χ1n) is 7.82. The van der Waals surface area contributed by atoms with Gasteiger partial charge in [-0.2, -0.15) is 5.10 Å². The molecule has 0 unspecified atom stereocenters. The number of carbonyl (C=O) groups is 2. The maximum atomic E-state index is 12.3. The molecule has 128 valence electrons. The first-order chi connectivity index (χ1) is 12.0. The Morgan fingerprint density at radius 2 is 2.04 bits per heavy atom. The molecule has 0 aliphatic carbocycles.